The van der Waals surface area contributed by atoms with Crippen molar-refractivity contribution in [1.82, 2.24) is 10.2 Å². The Labute approximate surface area is 235 Å². The molecule has 4 N–H and O–H groups in total. The van der Waals surface area contributed by atoms with Gasteiger partial charge >= 0.3 is 0 Å². The Hall–Kier alpha value is -2.62. The van der Waals surface area contributed by atoms with Crippen LogP contribution in [0, 0.1) is 23.2 Å². The van der Waals surface area contributed by atoms with Crippen molar-refractivity contribution in [3.63, 3.8) is 0 Å². The van der Waals surface area contributed by atoms with Crippen LogP contribution in [0.2, 0.25) is 0 Å². The molecule has 4 fully saturated rings. The summed E-state index contributed by atoms with van der Waals surface area (Å²) in [6.07, 6.45) is 7.45. The first kappa shape index (κ1) is 27.5. The minimum absolute atomic E-state index is 0.0414. The van der Waals surface area contributed by atoms with E-state index in [0.29, 0.717) is 41.2 Å². The van der Waals surface area contributed by atoms with Gasteiger partial charge in [-0.15, -0.1) is 0 Å². The van der Waals surface area contributed by atoms with Gasteiger partial charge in [-0.2, -0.15) is 0 Å². The molecule has 9 nitrogen and oxygen atoms in total. The lowest BCUT2D eigenvalue weighted by molar-refractivity contribution is -0.144. The predicted molar refractivity (Wildman–Crippen MR) is 147 cm³/mol. The van der Waals surface area contributed by atoms with Crippen LogP contribution >= 0.6 is 0 Å². The van der Waals surface area contributed by atoms with Crippen molar-refractivity contribution in [3.05, 3.63) is 34.9 Å². The zero-order valence-electron chi connectivity index (χ0n) is 23.5. The highest BCUT2D eigenvalue weighted by molar-refractivity contribution is 5.96. The van der Waals surface area contributed by atoms with Gasteiger partial charge in [-0.3, -0.25) is 9.59 Å². The third-order valence-electron chi connectivity index (χ3n) is 10.1. The second-order valence-electron chi connectivity index (χ2n) is 12.8. The molecule has 1 aliphatic heterocycles. The second-order valence-corrected chi connectivity index (χ2v) is 12.8. The summed E-state index contributed by atoms with van der Waals surface area (Å²) in [5, 5.41) is 33.9. The van der Waals surface area contributed by atoms with Gasteiger partial charge < -0.3 is 35.0 Å². The van der Waals surface area contributed by atoms with Gasteiger partial charge in [-0.1, -0.05) is 6.92 Å². The molecule has 218 valence electrons. The molecule has 0 saturated heterocycles. The Balaban J connectivity index is 1.40. The molecule has 1 heterocycles. The fourth-order valence-corrected chi connectivity index (χ4v) is 9.03. The van der Waals surface area contributed by atoms with Crippen LogP contribution < -0.4 is 14.8 Å². The predicted octanol–water partition coefficient (Wildman–Crippen LogP) is 2.27. The van der Waals surface area contributed by atoms with Crippen molar-refractivity contribution in [2.75, 3.05) is 26.8 Å². The van der Waals surface area contributed by atoms with E-state index in [9.17, 15) is 24.9 Å². The van der Waals surface area contributed by atoms with Crippen molar-refractivity contribution in [3.8, 4) is 11.5 Å². The minimum Gasteiger partial charge on any atom is -0.493 e. The summed E-state index contributed by atoms with van der Waals surface area (Å²) in [6, 6.07) is 2.75. The standard InChI is InChI=1S/C31H42N2O7/c1-3-25(36)33(16-31-12-17-6-18(13-31)8-19(7-17)14-31)23-11-22(30(38)32-4-5-34)26-21-9-20(15-35)10-24(39-2)28(21)40-29(26)27(23)37/h9-11,17-19,23,26-27,29,34-35,37H,3-8,12-16H2,1-2H3,(H,32,38). The van der Waals surface area contributed by atoms with Crippen LogP contribution in [0.15, 0.2) is 23.8 Å². The molecule has 7 rings (SSSR count). The van der Waals surface area contributed by atoms with E-state index in [4.69, 9.17) is 9.47 Å². The van der Waals surface area contributed by atoms with Crippen molar-refractivity contribution in [2.45, 2.75) is 82.6 Å². The molecule has 2 amide bonds. The lowest BCUT2D eigenvalue weighted by Gasteiger charge is -2.58. The Morgan fingerprint density at radius 2 is 1.80 bits per heavy atom. The normalized spacial score (nSPS) is 34.9. The first-order valence-electron chi connectivity index (χ1n) is 14.9. The van der Waals surface area contributed by atoms with Crippen LogP contribution in [0.4, 0.5) is 0 Å². The quantitative estimate of drug-likeness (QED) is 0.369. The number of hydrogen-bond donors (Lipinski definition) is 4. The Bertz CT molecular complexity index is 1160. The van der Waals surface area contributed by atoms with Gasteiger partial charge in [0, 0.05) is 30.6 Å². The number of rotatable bonds is 9. The van der Waals surface area contributed by atoms with Crippen molar-refractivity contribution < 1.29 is 34.4 Å². The highest BCUT2D eigenvalue weighted by Crippen LogP contribution is 2.60. The number of fused-ring (bicyclic) bond motifs is 3. The number of methoxy groups -OCH3 is 1. The van der Waals surface area contributed by atoms with Crippen LogP contribution in [0.3, 0.4) is 0 Å². The van der Waals surface area contributed by atoms with Gasteiger partial charge in [-0.05, 0) is 85.5 Å². The molecule has 5 aliphatic carbocycles. The maximum absolute atomic E-state index is 13.6. The third kappa shape index (κ3) is 4.60. The van der Waals surface area contributed by atoms with Crippen molar-refractivity contribution in [2.24, 2.45) is 23.2 Å². The highest BCUT2D eigenvalue weighted by Gasteiger charge is 2.55. The molecular weight excluding hydrogens is 512 g/mol. The highest BCUT2D eigenvalue weighted by atomic mass is 16.5. The zero-order valence-corrected chi connectivity index (χ0v) is 23.5. The van der Waals surface area contributed by atoms with Gasteiger partial charge in [0.2, 0.25) is 11.8 Å². The number of carbonyl (C=O) groups is 2. The van der Waals surface area contributed by atoms with Gasteiger partial charge in [0.05, 0.1) is 32.3 Å². The minimum atomic E-state index is -1.07. The maximum Gasteiger partial charge on any atom is 0.247 e. The van der Waals surface area contributed by atoms with E-state index >= 15 is 0 Å². The van der Waals surface area contributed by atoms with E-state index in [1.807, 2.05) is 11.8 Å². The number of carbonyl (C=O) groups excluding carboxylic acids is 2. The largest absolute Gasteiger partial charge is 0.493 e. The Morgan fingerprint density at radius 1 is 1.12 bits per heavy atom. The smallest absolute Gasteiger partial charge is 0.247 e. The lowest BCUT2D eigenvalue weighted by atomic mass is 9.49. The molecule has 6 aliphatic rings. The molecular formula is C31H42N2O7. The van der Waals surface area contributed by atoms with Crippen molar-refractivity contribution >= 4 is 11.8 Å². The molecule has 4 atom stereocenters. The number of nitrogens with zero attached hydrogens (tertiary/aromatic N) is 1. The summed E-state index contributed by atoms with van der Waals surface area (Å²) in [7, 11) is 1.51. The molecule has 4 saturated carbocycles. The van der Waals surface area contributed by atoms with E-state index < -0.39 is 24.2 Å². The second kappa shape index (κ2) is 10.7. The average molecular weight is 555 g/mol. The lowest BCUT2D eigenvalue weighted by Crippen LogP contribution is -2.59. The number of amides is 2. The van der Waals surface area contributed by atoms with E-state index in [1.54, 1.807) is 18.2 Å². The van der Waals surface area contributed by atoms with Gasteiger partial charge in [0.15, 0.2) is 11.5 Å². The zero-order chi connectivity index (χ0) is 28.2. The van der Waals surface area contributed by atoms with E-state index in [0.717, 1.165) is 37.0 Å². The monoisotopic (exact) mass is 554 g/mol. The van der Waals surface area contributed by atoms with Gasteiger partial charge in [-0.25, -0.2) is 0 Å². The number of hydrogen-bond acceptors (Lipinski definition) is 7. The summed E-state index contributed by atoms with van der Waals surface area (Å²) < 4.78 is 11.9. The average Bonchev–Trinajstić information content (AvgIpc) is 3.33. The fourth-order valence-electron chi connectivity index (χ4n) is 9.03. The summed E-state index contributed by atoms with van der Waals surface area (Å²) in [4.78, 5) is 28.9. The first-order chi connectivity index (χ1) is 19.3. The number of aliphatic hydroxyl groups excluding tert-OH is 3. The number of ether oxygens (including phenoxy) is 2. The van der Waals surface area contributed by atoms with E-state index in [1.165, 1.54) is 26.4 Å². The number of aliphatic hydroxyl groups is 3. The summed E-state index contributed by atoms with van der Waals surface area (Å²) in [5.74, 6) is 2.00. The molecule has 4 bridgehead atoms. The van der Waals surface area contributed by atoms with Gasteiger partial charge in [0.25, 0.3) is 0 Å². The van der Waals surface area contributed by atoms with E-state index in [2.05, 4.69) is 5.32 Å². The first-order valence-corrected chi connectivity index (χ1v) is 14.9. The molecule has 9 heteroatoms. The summed E-state index contributed by atoms with van der Waals surface area (Å²) in [6.45, 7) is 2.08. The van der Waals surface area contributed by atoms with Crippen LogP contribution in [-0.4, -0.2) is 77.1 Å². The topological polar surface area (TPSA) is 129 Å². The molecule has 0 spiro atoms. The van der Waals surface area contributed by atoms with Crippen LogP contribution in [-0.2, 0) is 16.2 Å². The maximum atomic E-state index is 13.6. The molecule has 1 aromatic rings. The SMILES string of the molecule is CCC(=O)N(CC12CC3CC(CC(C3)C1)C2)C1C=C(C(=O)NCCO)C2c3cc(CO)cc(OC)c3OC2C1O. The van der Waals surface area contributed by atoms with Crippen LogP contribution in [0.25, 0.3) is 0 Å². The van der Waals surface area contributed by atoms with Crippen LogP contribution in [0.5, 0.6) is 11.5 Å². The summed E-state index contributed by atoms with van der Waals surface area (Å²) in [5.41, 5.74) is 1.72. The Kier molecular flexibility index (Phi) is 7.34. The number of nitrogens with one attached hydrogen (secondary N) is 1. The fraction of sp³-hybridized carbons (Fsp3) is 0.677. The molecule has 40 heavy (non-hydrogen) atoms. The molecule has 1 aromatic carbocycles. The summed E-state index contributed by atoms with van der Waals surface area (Å²) >= 11 is 0. The van der Waals surface area contributed by atoms with Gasteiger partial charge in [0.1, 0.15) is 12.2 Å². The van der Waals surface area contributed by atoms with Crippen LogP contribution in [0.1, 0.15) is 68.9 Å². The molecule has 0 radical (unpaired) electrons. The van der Waals surface area contributed by atoms with Crippen molar-refractivity contribution in [1.29, 1.82) is 0 Å². The number of benzene rings is 1. The molecule has 4 unspecified atom stereocenters. The third-order valence-corrected chi connectivity index (χ3v) is 10.1. The Morgan fingerprint density at radius 3 is 2.38 bits per heavy atom. The molecule has 0 aromatic heterocycles. The van der Waals surface area contributed by atoms with E-state index in [-0.39, 0.29) is 37.0 Å².